The third-order valence-corrected chi connectivity index (χ3v) is 3.92. The maximum atomic E-state index is 9.49. The molecule has 0 saturated carbocycles. The summed E-state index contributed by atoms with van der Waals surface area (Å²) in [5.74, 6) is 1.04. The molecule has 3 nitrogen and oxygen atoms in total. The van der Waals surface area contributed by atoms with Gasteiger partial charge in [-0.15, -0.1) is 0 Å². The summed E-state index contributed by atoms with van der Waals surface area (Å²) < 4.78 is 0. The zero-order valence-corrected chi connectivity index (χ0v) is 13.3. The molecule has 0 aliphatic carbocycles. The molecule has 0 amide bonds. The van der Waals surface area contributed by atoms with Crippen molar-refractivity contribution in [1.29, 1.82) is 0 Å². The SMILES string of the molecule is CCCCCN(c1ncc(CO)c2ccccc12)C(C)C. The summed E-state index contributed by atoms with van der Waals surface area (Å²) in [4.78, 5) is 7.02. The highest BCUT2D eigenvalue weighted by atomic mass is 16.3. The minimum absolute atomic E-state index is 0.0330. The van der Waals surface area contributed by atoms with Gasteiger partial charge in [-0.2, -0.15) is 0 Å². The summed E-state index contributed by atoms with van der Waals surface area (Å²) in [5, 5.41) is 11.7. The summed E-state index contributed by atoms with van der Waals surface area (Å²) in [5.41, 5.74) is 0.895. The van der Waals surface area contributed by atoms with E-state index >= 15 is 0 Å². The highest BCUT2D eigenvalue weighted by Crippen LogP contribution is 2.28. The molecule has 21 heavy (non-hydrogen) atoms. The fourth-order valence-corrected chi connectivity index (χ4v) is 2.73. The Balaban J connectivity index is 2.43. The monoisotopic (exact) mass is 286 g/mol. The van der Waals surface area contributed by atoms with Crippen LogP contribution in [0.5, 0.6) is 0 Å². The Labute approximate surface area is 127 Å². The molecule has 1 aromatic carbocycles. The lowest BCUT2D eigenvalue weighted by Gasteiger charge is -2.29. The van der Waals surface area contributed by atoms with Crippen LogP contribution in [0.2, 0.25) is 0 Å². The van der Waals surface area contributed by atoms with Gasteiger partial charge in [-0.1, -0.05) is 44.0 Å². The highest BCUT2D eigenvalue weighted by molar-refractivity contribution is 5.94. The van der Waals surface area contributed by atoms with Gasteiger partial charge in [-0.3, -0.25) is 0 Å². The Morgan fingerprint density at radius 1 is 1.14 bits per heavy atom. The van der Waals surface area contributed by atoms with Crippen molar-refractivity contribution in [2.75, 3.05) is 11.4 Å². The molecule has 1 N–H and O–H groups in total. The van der Waals surface area contributed by atoms with E-state index in [9.17, 15) is 5.11 Å². The van der Waals surface area contributed by atoms with E-state index in [4.69, 9.17) is 0 Å². The van der Waals surface area contributed by atoms with Crippen LogP contribution in [-0.2, 0) is 6.61 Å². The van der Waals surface area contributed by atoms with Crippen LogP contribution in [0.3, 0.4) is 0 Å². The summed E-state index contributed by atoms with van der Waals surface area (Å²) in [6.45, 7) is 7.71. The number of aliphatic hydroxyl groups is 1. The molecule has 0 unspecified atom stereocenters. The van der Waals surface area contributed by atoms with Gasteiger partial charge in [0.2, 0.25) is 0 Å². The first-order valence-electron chi connectivity index (χ1n) is 7.93. The Hall–Kier alpha value is -1.61. The molecule has 0 bridgehead atoms. The molecular weight excluding hydrogens is 260 g/mol. The largest absolute Gasteiger partial charge is 0.392 e. The average Bonchev–Trinajstić information content (AvgIpc) is 2.50. The Kier molecular flexibility index (Phi) is 5.57. The molecule has 0 fully saturated rings. The molecule has 0 aliphatic rings. The number of nitrogens with zero attached hydrogens (tertiary/aromatic N) is 2. The molecule has 0 aliphatic heterocycles. The van der Waals surface area contributed by atoms with Crippen molar-refractivity contribution in [2.45, 2.75) is 52.7 Å². The minimum atomic E-state index is 0.0330. The fraction of sp³-hybridized carbons (Fsp3) is 0.500. The van der Waals surface area contributed by atoms with Crippen LogP contribution in [0.1, 0.15) is 45.6 Å². The number of rotatable bonds is 7. The van der Waals surface area contributed by atoms with Gasteiger partial charge in [0.25, 0.3) is 0 Å². The first-order chi connectivity index (χ1) is 10.2. The van der Waals surface area contributed by atoms with Gasteiger partial charge < -0.3 is 10.0 Å². The Bertz CT molecular complexity index is 580. The van der Waals surface area contributed by atoms with Gasteiger partial charge in [-0.05, 0) is 25.7 Å². The quantitative estimate of drug-likeness (QED) is 0.777. The van der Waals surface area contributed by atoms with Crippen molar-refractivity contribution in [2.24, 2.45) is 0 Å². The smallest absolute Gasteiger partial charge is 0.136 e. The number of hydrogen-bond acceptors (Lipinski definition) is 3. The maximum Gasteiger partial charge on any atom is 0.136 e. The number of fused-ring (bicyclic) bond motifs is 1. The van der Waals surface area contributed by atoms with Crippen LogP contribution in [0, 0.1) is 0 Å². The number of unbranched alkanes of at least 4 members (excludes halogenated alkanes) is 2. The predicted molar refractivity (Wildman–Crippen MR) is 89.7 cm³/mol. The fourth-order valence-electron chi connectivity index (χ4n) is 2.73. The lowest BCUT2D eigenvalue weighted by atomic mass is 10.1. The zero-order chi connectivity index (χ0) is 15.2. The van der Waals surface area contributed by atoms with E-state index in [1.165, 1.54) is 19.3 Å². The summed E-state index contributed by atoms with van der Waals surface area (Å²) in [6, 6.07) is 8.64. The number of benzene rings is 1. The molecule has 0 radical (unpaired) electrons. The van der Waals surface area contributed by atoms with Crippen molar-refractivity contribution in [3.8, 4) is 0 Å². The number of hydrogen-bond donors (Lipinski definition) is 1. The topological polar surface area (TPSA) is 36.4 Å². The number of pyridine rings is 1. The van der Waals surface area contributed by atoms with Crippen LogP contribution in [0.15, 0.2) is 30.5 Å². The molecule has 114 valence electrons. The number of aromatic nitrogens is 1. The number of aliphatic hydroxyl groups excluding tert-OH is 1. The van der Waals surface area contributed by atoms with Crippen molar-refractivity contribution >= 4 is 16.6 Å². The maximum absolute atomic E-state index is 9.49. The van der Waals surface area contributed by atoms with Gasteiger partial charge >= 0.3 is 0 Å². The lowest BCUT2D eigenvalue weighted by Crippen LogP contribution is -2.32. The van der Waals surface area contributed by atoms with E-state index in [-0.39, 0.29) is 6.61 Å². The van der Waals surface area contributed by atoms with E-state index < -0.39 is 0 Å². The molecule has 0 spiro atoms. The van der Waals surface area contributed by atoms with Crippen molar-refractivity contribution in [1.82, 2.24) is 4.98 Å². The van der Waals surface area contributed by atoms with Gasteiger partial charge in [0, 0.05) is 29.7 Å². The van der Waals surface area contributed by atoms with Gasteiger partial charge in [0.05, 0.1) is 6.61 Å². The van der Waals surface area contributed by atoms with Crippen LogP contribution in [0.4, 0.5) is 5.82 Å². The van der Waals surface area contributed by atoms with Crippen LogP contribution in [0.25, 0.3) is 10.8 Å². The van der Waals surface area contributed by atoms with Crippen molar-refractivity contribution in [3.05, 3.63) is 36.0 Å². The third-order valence-electron chi connectivity index (χ3n) is 3.92. The second-order valence-electron chi connectivity index (χ2n) is 5.80. The predicted octanol–water partition coefficient (Wildman–Crippen LogP) is 4.13. The third kappa shape index (κ3) is 3.53. The molecular formula is C18H26N2O. The minimum Gasteiger partial charge on any atom is -0.392 e. The lowest BCUT2D eigenvalue weighted by molar-refractivity contribution is 0.283. The van der Waals surface area contributed by atoms with E-state index in [2.05, 4.69) is 42.8 Å². The van der Waals surface area contributed by atoms with Crippen molar-refractivity contribution < 1.29 is 5.11 Å². The van der Waals surface area contributed by atoms with E-state index in [0.717, 1.165) is 28.7 Å². The van der Waals surface area contributed by atoms with E-state index in [1.807, 2.05) is 18.3 Å². The summed E-state index contributed by atoms with van der Waals surface area (Å²) in [6.07, 6.45) is 5.47. The van der Waals surface area contributed by atoms with Crippen molar-refractivity contribution in [3.63, 3.8) is 0 Å². The second-order valence-corrected chi connectivity index (χ2v) is 5.80. The molecule has 1 aromatic heterocycles. The van der Waals surface area contributed by atoms with E-state index in [1.54, 1.807) is 0 Å². The first-order valence-corrected chi connectivity index (χ1v) is 7.93. The van der Waals surface area contributed by atoms with Gasteiger partial charge in [0.15, 0.2) is 0 Å². The Morgan fingerprint density at radius 3 is 2.48 bits per heavy atom. The summed E-state index contributed by atoms with van der Waals surface area (Å²) in [7, 11) is 0. The Morgan fingerprint density at radius 2 is 1.86 bits per heavy atom. The molecule has 2 aromatic rings. The molecule has 0 saturated heterocycles. The van der Waals surface area contributed by atoms with Crippen LogP contribution >= 0.6 is 0 Å². The van der Waals surface area contributed by atoms with Crippen LogP contribution in [-0.4, -0.2) is 22.7 Å². The summed E-state index contributed by atoms with van der Waals surface area (Å²) >= 11 is 0. The van der Waals surface area contributed by atoms with Crippen LogP contribution < -0.4 is 4.90 Å². The van der Waals surface area contributed by atoms with E-state index in [0.29, 0.717) is 6.04 Å². The first kappa shape index (κ1) is 15.8. The average molecular weight is 286 g/mol. The van der Waals surface area contributed by atoms with Gasteiger partial charge in [0.1, 0.15) is 5.82 Å². The molecule has 1 heterocycles. The highest BCUT2D eigenvalue weighted by Gasteiger charge is 2.15. The second kappa shape index (κ2) is 7.41. The molecule has 3 heteroatoms. The molecule has 2 rings (SSSR count). The number of anilines is 1. The zero-order valence-electron chi connectivity index (χ0n) is 13.3. The normalized spacial score (nSPS) is 11.3. The standard InChI is InChI=1S/C18H26N2O/c1-4-5-8-11-20(14(2)3)18-17-10-7-6-9-16(17)15(13-21)12-19-18/h6-7,9-10,12,14,21H,4-5,8,11,13H2,1-3H3. The molecule has 0 atom stereocenters. The van der Waals surface area contributed by atoms with Gasteiger partial charge in [-0.25, -0.2) is 4.98 Å².